The molecule has 0 saturated heterocycles. The van der Waals surface area contributed by atoms with E-state index in [2.05, 4.69) is 53.8 Å². The molecule has 0 aliphatic carbocycles. The van der Waals surface area contributed by atoms with Crippen LogP contribution in [-0.2, 0) is 6.54 Å². The number of hydrogen-bond acceptors (Lipinski definition) is 5. The molecular formula is C16H17N3S2. The molecule has 0 fully saturated rings. The van der Waals surface area contributed by atoms with Crippen LogP contribution in [0.2, 0.25) is 0 Å². The van der Waals surface area contributed by atoms with Crippen molar-refractivity contribution >= 4 is 22.7 Å². The summed E-state index contributed by atoms with van der Waals surface area (Å²) in [5.41, 5.74) is 5.26. The molecule has 1 aromatic carbocycles. The van der Waals surface area contributed by atoms with Crippen LogP contribution in [0, 0.1) is 6.92 Å². The monoisotopic (exact) mass is 315 g/mol. The number of benzene rings is 1. The summed E-state index contributed by atoms with van der Waals surface area (Å²) in [6.07, 6.45) is 0. The summed E-state index contributed by atoms with van der Waals surface area (Å²) in [5, 5.41) is 6.69. The van der Waals surface area contributed by atoms with Gasteiger partial charge >= 0.3 is 0 Å². The van der Waals surface area contributed by atoms with Crippen LogP contribution in [0.5, 0.6) is 0 Å². The van der Waals surface area contributed by atoms with Gasteiger partial charge in [0.25, 0.3) is 0 Å². The molecule has 21 heavy (non-hydrogen) atoms. The Morgan fingerprint density at radius 3 is 2.76 bits per heavy atom. The number of nitrogens with one attached hydrogen (secondary N) is 1. The second kappa shape index (κ2) is 6.47. The average molecular weight is 315 g/mol. The van der Waals surface area contributed by atoms with Gasteiger partial charge in [0, 0.05) is 28.4 Å². The summed E-state index contributed by atoms with van der Waals surface area (Å²) in [6, 6.07) is 10.6. The first-order valence-electron chi connectivity index (χ1n) is 6.87. The zero-order chi connectivity index (χ0) is 14.7. The predicted molar refractivity (Wildman–Crippen MR) is 89.7 cm³/mol. The maximum atomic E-state index is 4.71. The number of aromatic nitrogens is 2. The Balaban J connectivity index is 1.74. The van der Waals surface area contributed by atoms with E-state index in [1.54, 1.807) is 22.7 Å². The van der Waals surface area contributed by atoms with Crippen molar-refractivity contribution < 1.29 is 0 Å². The van der Waals surface area contributed by atoms with Gasteiger partial charge in [-0.15, -0.1) is 22.7 Å². The van der Waals surface area contributed by atoms with Gasteiger partial charge in [-0.3, -0.25) is 0 Å². The number of aryl methyl sites for hydroxylation is 1. The topological polar surface area (TPSA) is 37.8 Å². The third kappa shape index (κ3) is 3.37. The fourth-order valence-corrected chi connectivity index (χ4v) is 3.85. The highest BCUT2D eigenvalue weighted by molar-refractivity contribution is 7.15. The van der Waals surface area contributed by atoms with Crippen LogP contribution in [0.3, 0.4) is 0 Å². The lowest BCUT2D eigenvalue weighted by molar-refractivity contribution is 0.574. The van der Waals surface area contributed by atoms with E-state index in [-0.39, 0.29) is 6.04 Å². The van der Waals surface area contributed by atoms with Crippen molar-refractivity contribution in [1.29, 1.82) is 0 Å². The van der Waals surface area contributed by atoms with Crippen LogP contribution in [-0.4, -0.2) is 9.97 Å². The van der Waals surface area contributed by atoms with Crippen LogP contribution >= 0.6 is 22.7 Å². The Bertz CT molecular complexity index is 690. The Hall–Kier alpha value is -1.56. The fourth-order valence-electron chi connectivity index (χ4n) is 2.19. The molecule has 0 bridgehead atoms. The van der Waals surface area contributed by atoms with Gasteiger partial charge < -0.3 is 5.32 Å². The van der Waals surface area contributed by atoms with Crippen molar-refractivity contribution in [1.82, 2.24) is 15.3 Å². The first-order chi connectivity index (χ1) is 10.2. The average Bonchev–Trinajstić information content (AvgIpc) is 3.15. The van der Waals surface area contributed by atoms with E-state index < -0.39 is 0 Å². The molecule has 3 nitrogen and oxygen atoms in total. The van der Waals surface area contributed by atoms with Gasteiger partial charge in [-0.1, -0.05) is 30.3 Å². The van der Waals surface area contributed by atoms with Crippen molar-refractivity contribution in [2.45, 2.75) is 26.4 Å². The molecule has 0 amide bonds. The molecular weight excluding hydrogens is 298 g/mol. The number of nitrogens with zero attached hydrogens (tertiary/aromatic N) is 2. The lowest BCUT2D eigenvalue weighted by Crippen LogP contribution is -2.18. The van der Waals surface area contributed by atoms with Gasteiger partial charge in [0.1, 0.15) is 5.01 Å². The zero-order valence-electron chi connectivity index (χ0n) is 12.0. The SMILES string of the molecule is Cc1nc(-c2ccccc2)sc1C(C)NCc1cscn1. The first kappa shape index (κ1) is 14.4. The van der Waals surface area contributed by atoms with Gasteiger partial charge in [0.05, 0.1) is 16.9 Å². The molecule has 3 aromatic rings. The van der Waals surface area contributed by atoms with E-state index >= 15 is 0 Å². The highest BCUT2D eigenvalue weighted by atomic mass is 32.1. The number of hydrogen-bond donors (Lipinski definition) is 1. The van der Waals surface area contributed by atoms with E-state index in [1.807, 2.05) is 11.6 Å². The molecule has 2 heterocycles. The summed E-state index contributed by atoms with van der Waals surface area (Å²) < 4.78 is 0. The smallest absolute Gasteiger partial charge is 0.123 e. The molecule has 0 saturated carbocycles. The van der Waals surface area contributed by atoms with Crippen LogP contribution < -0.4 is 5.32 Å². The summed E-state index contributed by atoms with van der Waals surface area (Å²) in [5.74, 6) is 0. The van der Waals surface area contributed by atoms with Gasteiger partial charge in [-0.25, -0.2) is 9.97 Å². The molecule has 1 N–H and O–H groups in total. The standard InChI is InChI=1S/C16H17N3S2/c1-11(17-8-14-9-20-10-18-14)15-12(2)19-16(21-15)13-6-4-3-5-7-13/h3-7,9-11,17H,8H2,1-2H3. The highest BCUT2D eigenvalue weighted by Crippen LogP contribution is 2.31. The van der Waals surface area contributed by atoms with E-state index in [0.717, 1.165) is 22.9 Å². The second-order valence-electron chi connectivity index (χ2n) is 4.92. The lowest BCUT2D eigenvalue weighted by Gasteiger charge is -2.11. The van der Waals surface area contributed by atoms with Gasteiger partial charge in [-0.05, 0) is 13.8 Å². The summed E-state index contributed by atoms with van der Waals surface area (Å²) in [4.78, 5) is 10.3. The van der Waals surface area contributed by atoms with E-state index in [9.17, 15) is 0 Å². The lowest BCUT2D eigenvalue weighted by atomic mass is 10.2. The molecule has 0 radical (unpaired) electrons. The summed E-state index contributed by atoms with van der Waals surface area (Å²) >= 11 is 3.40. The normalized spacial score (nSPS) is 12.5. The molecule has 0 aliphatic rings. The van der Waals surface area contributed by atoms with Gasteiger partial charge in [-0.2, -0.15) is 0 Å². The largest absolute Gasteiger partial charge is 0.304 e. The molecule has 1 atom stereocenters. The van der Waals surface area contributed by atoms with Crippen molar-refractivity contribution in [2.24, 2.45) is 0 Å². The van der Waals surface area contributed by atoms with E-state index in [0.29, 0.717) is 0 Å². The quantitative estimate of drug-likeness (QED) is 0.757. The Morgan fingerprint density at radius 1 is 1.24 bits per heavy atom. The third-order valence-corrected chi connectivity index (χ3v) is 5.34. The van der Waals surface area contributed by atoms with Crippen LogP contribution in [0.25, 0.3) is 10.6 Å². The summed E-state index contributed by atoms with van der Waals surface area (Å²) in [6.45, 7) is 5.06. The fraction of sp³-hybridized carbons (Fsp3) is 0.250. The van der Waals surface area contributed by atoms with Crippen molar-refractivity contribution in [3.63, 3.8) is 0 Å². The van der Waals surface area contributed by atoms with Crippen LogP contribution in [0.4, 0.5) is 0 Å². The maximum absolute atomic E-state index is 4.71. The number of thiazole rings is 2. The van der Waals surface area contributed by atoms with Gasteiger partial charge in [0.2, 0.25) is 0 Å². The minimum absolute atomic E-state index is 0.279. The maximum Gasteiger partial charge on any atom is 0.123 e. The van der Waals surface area contributed by atoms with E-state index in [4.69, 9.17) is 4.98 Å². The predicted octanol–water partition coefficient (Wildman–Crippen LogP) is 4.43. The Morgan fingerprint density at radius 2 is 2.05 bits per heavy atom. The molecule has 1 unspecified atom stereocenters. The molecule has 0 spiro atoms. The number of rotatable bonds is 5. The highest BCUT2D eigenvalue weighted by Gasteiger charge is 2.15. The minimum atomic E-state index is 0.279. The van der Waals surface area contributed by atoms with Crippen LogP contribution in [0.1, 0.15) is 29.2 Å². The minimum Gasteiger partial charge on any atom is -0.304 e. The van der Waals surface area contributed by atoms with Crippen molar-refractivity contribution in [2.75, 3.05) is 0 Å². The van der Waals surface area contributed by atoms with Crippen molar-refractivity contribution in [3.05, 3.63) is 57.5 Å². The molecule has 5 heteroatoms. The van der Waals surface area contributed by atoms with Crippen molar-refractivity contribution in [3.8, 4) is 10.6 Å². The summed E-state index contributed by atoms with van der Waals surface area (Å²) in [7, 11) is 0. The van der Waals surface area contributed by atoms with Gasteiger partial charge in [0.15, 0.2) is 0 Å². The van der Waals surface area contributed by atoms with E-state index in [1.165, 1.54) is 10.4 Å². The molecule has 0 aliphatic heterocycles. The Kier molecular flexibility index (Phi) is 4.43. The molecule has 108 valence electrons. The second-order valence-corrected chi connectivity index (χ2v) is 6.67. The van der Waals surface area contributed by atoms with Crippen LogP contribution in [0.15, 0.2) is 41.2 Å². The first-order valence-corrected chi connectivity index (χ1v) is 8.63. The molecule has 2 aromatic heterocycles. The third-order valence-electron chi connectivity index (χ3n) is 3.32. The Labute approximate surface area is 132 Å². The molecule has 3 rings (SSSR count). The zero-order valence-corrected chi connectivity index (χ0v) is 13.7.